The first kappa shape index (κ1) is 21.4. The van der Waals surface area contributed by atoms with E-state index in [1.807, 2.05) is 0 Å². The first-order chi connectivity index (χ1) is 16.0. The fourth-order valence-corrected chi connectivity index (χ4v) is 4.40. The van der Waals surface area contributed by atoms with Gasteiger partial charge in [0.15, 0.2) is 5.69 Å². The molecule has 33 heavy (non-hydrogen) atoms. The number of aromatic amines is 1. The Bertz CT molecular complexity index is 1320. The molecule has 1 aliphatic carbocycles. The molecule has 1 aliphatic rings. The maximum absolute atomic E-state index is 13.1. The van der Waals surface area contributed by atoms with Crippen LogP contribution in [0, 0.1) is 0 Å². The van der Waals surface area contributed by atoms with Crippen LogP contribution in [0.3, 0.4) is 0 Å². The van der Waals surface area contributed by atoms with Crippen molar-refractivity contribution in [2.45, 2.75) is 37.8 Å². The molecule has 0 aliphatic heterocycles. The van der Waals surface area contributed by atoms with E-state index >= 15 is 0 Å². The summed E-state index contributed by atoms with van der Waals surface area (Å²) in [7, 11) is 1.56. The molecule has 10 nitrogen and oxygen atoms in total. The first-order valence-corrected chi connectivity index (χ1v) is 11.0. The zero-order valence-corrected chi connectivity index (χ0v) is 18.6. The summed E-state index contributed by atoms with van der Waals surface area (Å²) in [6.07, 6.45) is 7.61. The molecular weight excluding hydrogens is 446 g/mol. The largest absolute Gasteiger partial charge is 0.496 e. The standard InChI is InChI=1S/C22H22ClN7O3/c1-33-18-7-6-12(23)8-13(18)19-15(10-30(29-19)16-4-2-3-5-17(16)31)26-22(32)21-20-14(27-28-21)9-24-11-25-20/h6-11,16-17,31H,2-5H2,1H3,(H,26,32)(H,27,28)/t16-,17+/m1/s1. The van der Waals surface area contributed by atoms with E-state index in [1.54, 1.807) is 42.4 Å². The van der Waals surface area contributed by atoms with E-state index in [1.165, 1.54) is 6.33 Å². The van der Waals surface area contributed by atoms with Gasteiger partial charge in [-0.05, 0) is 31.0 Å². The van der Waals surface area contributed by atoms with Gasteiger partial charge in [0.05, 0.1) is 31.1 Å². The fraction of sp³-hybridized carbons (Fsp3) is 0.318. The number of hydrogen-bond acceptors (Lipinski definition) is 7. The summed E-state index contributed by atoms with van der Waals surface area (Å²) in [5.41, 5.74) is 2.67. The number of aliphatic hydroxyl groups excluding tert-OH is 1. The van der Waals surface area contributed by atoms with Gasteiger partial charge < -0.3 is 15.2 Å². The maximum atomic E-state index is 13.1. The second-order valence-electron chi connectivity index (χ2n) is 7.95. The lowest BCUT2D eigenvalue weighted by Gasteiger charge is -2.27. The van der Waals surface area contributed by atoms with Crippen LogP contribution in [0.4, 0.5) is 5.69 Å². The van der Waals surface area contributed by atoms with Gasteiger partial charge in [-0.15, -0.1) is 0 Å². The number of aromatic nitrogens is 6. The number of amides is 1. The summed E-state index contributed by atoms with van der Waals surface area (Å²) in [5.74, 6) is 0.105. The number of ether oxygens (including phenoxy) is 1. The third kappa shape index (κ3) is 4.03. The highest BCUT2D eigenvalue weighted by molar-refractivity contribution is 6.31. The van der Waals surface area contributed by atoms with Gasteiger partial charge in [-0.1, -0.05) is 24.4 Å². The van der Waals surface area contributed by atoms with Gasteiger partial charge in [-0.2, -0.15) is 10.2 Å². The summed E-state index contributed by atoms with van der Waals surface area (Å²) in [6, 6.07) is 5.01. The smallest absolute Gasteiger partial charge is 0.278 e. The SMILES string of the molecule is COc1ccc(Cl)cc1-c1nn([C@@H]2CCCC[C@@H]2O)cc1NC(=O)c1n[nH]c2cncnc12. The number of carbonyl (C=O) groups is 1. The van der Waals surface area contributed by atoms with E-state index in [0.717, 1.165) is 19.3 Å². The van der Waals surface area contributed by atoms with Crippen molar-refractivity contribution in [2.24, 2.45) is 0 Å². The Balaban J connectivity index is 1.58. The van der Waals surface area contributed by atoms with E-state index < -0.39 is 12.0 Å². The minimum absolute atomic E-state index is 0.141. The molecule has 0 spiro atoms. The second-order valence-corrected chi connectivity index (χ2v) is 8.38. The Kier molecular flexibility index (Phi) is 5.69. The number of halogens is 1. The molecule has 0 saturated heterocycles. The number of fused-ring (bicyclic) bond motifs is 1. The van der Waals surface area contributed by atoms with E-state index in [9.17, 15) is 9.90 Å². The molecule has 1 fully saturated rings. The lowest BCUT2D eigenvalue weighted by Crippen LogP contribution is -2.27. The molecule has 11 heteroatoms. The van der Waals surface area contributed by atoms with Crippen LogP contribution in [0.15, 0.2) is 36.9 Å². The van der Waals surface area contributed by atoms with Crippen LogP contribution in [-0.2, 0) is 0 Å². The van der Waals surface area contributed by atoms with Crippen LogP contribution >= 0.6 is 11.6 Å². The Morgan fingerprint density at radius 1 is 1.33 bits per heavy atom. The van der Waals surface area contributed by atoms with Crippen molar-refractivity contribution in [1.29, 1.82) is 0 Å². The minimum atomic E-state index is -0.511. The fourth-order valence-electron chi connectivity index (χ4n) is 4.23. The van der Waals surface area contributed by atoms with Crippen molar-refractivity contribution in [3.05, 3.63) is 47.6 Å². The zero-order valence-electron chi connectivity index (χ0n) is 17.8. The third-order valence-corrected chi connectivity index (χ3v) is 6.11. The highest BCUT2D eigenvalue weighted by Crippen LogP contribution is 2.38. The highest BCUT2D eigenvalue weighted by atomic mass is 35.5. The maximum Gasteiger partial charge on any atom is 0.278 e. The monoisotopic (exact) mass is 467 g/mol. The summed E-state index contributed by atoms with van der Waals surface area (Å²) in [4.78, 5) is 21.2. The van der Waals surface area contributed by atoms with Crippen LogP contribution in [0.25, 0.3) is 22.3 Å². The van der Waals surface area contributed by atoms with E-state index in [2.05, 4.69) is 25.5 Å². The summed E-state index contributed by atoms with van der Waals surface area (Å²) in [5, 5.41) is 25.6. The minimum Gasteiger partial charge on any atom is -0.496 e. The third-order valence-electron chi connectivity index (χ3n) is 5.87. The van der Waals surface area contributed by atoms with Gasteiger partial charge in [0.25, 0.3) is 5.91 Å². The highest BCUT2D eigenvalue weighted by Gasteiger charge is 2.28. The molecule has 0 bridgehead atoms. The second kappa shape index (κ2) is 8.80. The molecule has 1 amide bonds. The van der Waals surface area contributed by atoms with Gasteiger partial charge in [-0.25, -0.2) is 9.97 Å². The first-order valence-electron chi connectivity index (χ1n) is 10.6. The molecule has 170 valence electrons. The van der Waals surface area contributed by atoms with Crippen LogP contribution < -0.4 is 10.1 Å². The Morgan fingerprint density at radius 2 is 2.18 bits per heavy atom. The molecule has 5 rings (SSSR count). The number of anilines is 1. The predicted molar refractivity (Wildman–Crippen MR) is 122 cm³/mol. The molecule has 0 unspecified atom stereocenters. The summed E-state index contributed by atoms with van der Waals surface area (Å²) in [6.45, 7) is 0. The van der Waals surface area contributed by atoms with Crippen LogP contribution in [-0.4, -0.2) is 54.2 Å². The average Bonchev–Trinajstić information content (AvgIpc) is 3.44. The molecule has 3 heterocycles. The number of rotatable bonds is 5. The molecule has 3 aromatic heterocycles. The Hall–Kier alpha value is -3.50. The number of H-pyrrole nitrogens is 1. The van der Waals surface area contributed by atoms with Crippen molar-refractivity contribution in [3.63, 3.8) is 0 Å². The van der Waals surface area contributed by atoms with E-state index in [4.69, 9.17) is 21.4 Å². The molecule has 1 aromatic carbocycles. The molecule has 0 radical (unpaired) electrons. The Morgan fingerprint density at radius 3 is 3.00 bits per heavy atom. The van der Waals surface area contributed by atoms with Crippen molar-refractivity contribution in [2.75, 3.05) is 12.4 Å². The van der Waals surface area contributed by atoms with Gasteiger partial charge in [-0.3, -0.25) is 14.6 Å². The number of nitrogens with zero attached hydrogens (tertiary/aromatic N) is 5. The molecule has 1 saturated carbocycles. The number of hydrogen-bond donors (Lipinski definition) is 3. The van der Waals surface area contributed by atoms with Crippen molar-refractivity contribution >= 4 is 34.2 Å². The zero-order chi connectivity index (χ0) is 22.9. The van der Waals surface area contributed by atoms with Gasteiger partial charge in [0.2, 0.25) is 0 Å². The van der Waals surface area contributed by atoms with Crippen molar-refractivity contribution < 1.29 is 14.6 Å². The number of nitrogens with one attached hydrogen (secondary N) is 2. The lowest BCUT2D eigenvalue weighted by molar-refractivity contribution is 0.0696. The van der Waals surface area contributed by atoms with Gasteiger partial charge >= 0.3 is 0 Å². The average molecular weight is 468 g/mol. The van der Waals surface area contributed by atoms with Gasteiger partial charge in [0.1, 0.15) is 28.8 Å². The van der Waals surface area contributed by atoms with E-state index in [-0.39, 0.29) is 11.7 Å². The van der Waals surface area contributed by atoms with Crippen LogP contribution in [0.5, 0.6) is 5.75 Å². The molecule has 4 aromatic rings. The van der Waals surface area contributed by atoms with Crippen molar-refractivity contribution in [1.82, 2.24) is 29.9 Å². The lowest BCUT2D eigenvalue weighted by atomic mass is 9.93. The van der Waals surface area contributed by atoms with Crippen LogP contribution in [0.1, 0.15) is 42.2 Å². The number of aliphatic hydroxyl groups is 1. The summed E-state index contributed by atoms with van der Waals surface area (Å²) >= 11 is 6.26. The topological polar surface area (TPSA) is 131 Å². The molecule has 3 N–H and O–H groups in total. The molecular formula is C22H22ClN7O3. The van der Waals surface area contributed by atoms with Crippen LogP contribution in [0.2, 0.25) is 5.02 Å². The quantitative estimate of drug-likeness (QED) is 0.408. The van der Waals surface area contributed by atoms with Crippen molar-refractivity contribution in [3.8, 4) is 17.0 Å². The molecule has 2 atom stereocenters. The number of carbonyl (C=O) groups excluding carboxylic acids is 1. The normalized spacial score (nSPS) is 18.4. The van der Waals surface area contributed by atoms with E-state index in [0.29, 0.717) is 45.2 Å². The summed E-state index contributed by atoms with van der Waals surface area (Å²) < 4.78 is 7.24. The van der Waals surface area contributed by atoms with Gasteiger partial charge in [0, 0.05) is 16.8 Å². The predicted octanol–water partition coefficient (Wildman–Crippen LogP) is 3.61. The number of benzene rings is 1. The number of methoxy groups -OCH3 is 1. The Labute approximate surface area is 194 Å².